The number of rotatable bonds is 10. The van der Waals surface area contributed by atoms with E-state index in [9.17, 15) is 0 Å². The van der Waals surface area contributed by atoms with Crippen LogP contribution in [0.4, 0.5) is 0 Å². The molecule has 3 heteroatoms. The van der Waals surface area contributed by atoms with Crippen LogP contribution in [0.2, 0.25) is 0 Å². The van der Waals surface area contributed by atoms with Crippen LogP contribution in [0.3, 0.4) is 0 Å². The number of ether oxygens (including phenoxy) is 2. The molecule has 0 atom stereocenters. The summed E-state index contributed by atoms with van der Waals surface area (Å²) < 4.78 is 10.3. The minimum Gasteiger partial charge on any atom is -0.385 e. The Morgan fingerprint density at radius 1 is 1.07 bits per heavy atom. The van der Waals surface area contributed by atoms with Crippen LogP contribution in [0.1, 0.15) is 26.7 Å². The molecule has 86 valence electrons. The fraction of sp³-hybridized carbons (Fsp3) is 1.00. The van der Waals surface area contributed by atoms with Gasteiger partial charge in [-0.25, -0.2) is 0 Å². The van der Waals surface area contributed by atoms with Crippen molar-refractivity contribution in [1.82, 2.24) is 5.32 Å². The fourth-order valence-corrected chi connectivity index (χ4v) is 1.10. The molecule has 0 aromatic heterocycles. The molecule has 0 aliphatic carbocycles. The summed E-state index contributed by atoms with van der Waals surface area (Å²) >= 11 is 0. The lowest BCUT2D eigenvalue weighted by Gasteiger charge is -2.07. The first-order chi connectivity index (χ1) is 6.77. The Balaban J connectivity index is 2.85. The van der Waals surface area contributed by atoms with E-state index in [0.29, 0.717) is 0 Å². The highest BCUT2D eigenvalue weighted by atomic mass is 16.5. The van der Waals surface area contributed by atoms with Gasteiger partial charge < -0.3 is 14.8 Å². The van der Waals surface area contributed by atoms with Crippen LogP contribution in [0.15, 0.2) is 0 Å². The average Bonchev–Trinajstić information content (AvgIpc) is 2.15. The molecule has 0 saturated carbocycles. The highest BCUT2D eigenvalue weighted by Gasteiger charge is 1.93. The third-order valence-electron chi connectivity index (χ3n) is 1.83. The molecule has 0 radical (unpaired) electrons. The lowest BCUT2D eigenvalue weighted by molar-refractivity contribution is 0.101. The van der Waals surface area contributed by atoms with Crippen molar-refractivity contribution in [3.8, 4) is 0 Å². The molecule has 0 aromatic carbocycles. The molecule has 0 aromatic rings. The maximum absolute atomic E-state index is 5.42. The van der Waals surface area contributed by atoms with Gasteiger partial charge in [-0.1, -0.05) is 13.8 Å². The predicted octanol–water partition coefficient (Wildman–Crippen LogP) is 1.68. The largest absolute Gasteiger partial charge is 0.385 e. The summed E-state index contributed by atoms with van der Waals surface area (Å²) in [5.41, 5.74) is 0. The van der Waals surface area contributed by atoms with Crippen molar-refractivity contribution in [3.63, 3.8) is 0 Å². The summed E-state index contributed by atoms with van der Waals surface area (Å²) in [4.78, 5) is 0. The fourth-order valence-electron chi connectivity index (χ4n) is 1.10. The van der Waals surface area contributed by atoms with Gasteiger partial charge in [-0.2, -0.15) is 0 Å². The molecular formula is C11H25NO2. The molecule has 0 rings (SSSR count). The van der Waals surface area contributed by atoms with Gasteiger partial charge in [0.15, 0.2) is 0 Å². The van der Waals surface area contributed by atoms with E-state index in [1.165, 1.54) is 0 Å². The predicted molar refractivity (Wildman–Crippen MR) is 59.6 cm³/mol. The van der Waals surface area contributed by atoms with E-state index >= 15 is 0 Å². The van der Waals surface area contributed by atoms with Crippen molar-refractivity contribution < 1.29 is 9.47 Å². The minimum atomic E-state index is 0.734. The topological polar surface area (TPSA) is 30.5 Å². The summed E-state index contributed by atoms with van der Waals surface area (Å²) in [6.07, 6.45) is 2.09. The summed E-state index contributed by atoms with van der Waals surface area (Å²) in [6, 6.07) is 0. The van der Waals surface area contributed by atoms with Crippen LogP contribution in [0.5, 0.6) is 0 Å². The van der Waals surface area contributed by atoms with Gasteiger partial charge in [-0.15, -0.1) is 0 Å². The van der Waals surface area contributed by atoms with Crippen molar-refractivity contribution >= 4 is 0 Å². The minimum absolute atomic E-state index is 0.734. The second kappa shape index (κ2) is 11.0. The summed E-state index contributed by atoms with van der Waals surface area (Å²) in [5.74, 6) is 0.734. The van der Waals surface area contributed by atoms with E-state index in [1.54, 1.807) is 7.11 Å². The maximum Gasteiger partial charge on any atom is 0.0487 e. The van der Waals surface area contributed by atoms with Gasteiger partial charge in [0, 0.05) is 26.9 Å². The van der Waals surface area contributed by atoms with Crippen LogP contribution in [0, 0.1) is 5.92 Å². The Labute approximate surface area is 88.2 Å². The molecule has 14 heavy (non-hydrogen) atoms. The SMILES string of the molecule is COCCCOCCCNCC(C)C. The highest BCUT2D eigenvalue weighted by Crippen LogP contribution is 1.89. The Hall–Kier alpha value is -0.120. The molecule has 0 spiro atoms. The molecule has 0 unspecified atom stereocenters. The van der Waals surface area contributed by atoms with Crippen molar-refractivity contribution in [2.24, 2.45) is 5.92 Å². The average molecular weight is 203 g/mol. The zero-order valence-electron chi connectivity index (χ0n) is 9.84. The normalized spacial score (nSPS) is 11.1. The van der Waals surface area contributed by atoms with E-state index in [4.69, 9.17) is 9.47 Å². The van der Waals surface area contributed by atoms with E-state index in [-0.39, 0.29) is 0 Å². The van der Waals surface area contributed by atoms with Crippen molar-refractivity contribution in [2.75, 3.05) is 40.0 Å². The van der Waals surface area contributed by atoms with Crippen molar-refractivity contribution in [1.29, 1.82) is 0 Å². The second-order valence-electron chi connectivity index (χ2n) is 3.91. The molecule has 0 aliphatic rings. The number of hydrogen-bond acceptors (Lipinski definition) is 3. The Kier molecular flexibility index (Phi) is 10.9. The summed E-state index contributed by atoms with van der Waals surface area (Å²) in [7, 11) is 1.72. The molecule has 3 nitrogen and oxygen atoms in total. The van der Waals surface area contributed by atoms with Crippen LogP contribution < -0.4 is 5.32 Å². The van der Waals surface area contributed by atoms with E-state index < -0.39 is 0 Å². The molecule has 0 amide bonds. The first-order valence-corrected chi connectivity index (χ1v) is 5.54. The zero-order valence-corrected chi connectivity index (χ0v) is 9.84. The Morgan fingerprint density at radius 3 is 2.43 bits per heavy atom. The monoisotopic (exact) mass is 203 g/mol. The molecule has 0 saturated heterocycles. The van der Waals surface area contributed by atoms with Crippen LogP contribution >= 0.6 is 0 Å². The lowest BCUT2D eigenvalue weighted by atomic mass is 10.2. The highest BCUT2D eigenvalue weighted by molar-refractivity contribution is 4.50. The van der Waals surface area contributed by atoms with Gasteiger partial charge >= 0.3 is 0 Å². The van der Waals surface area contributed by atoms with Crippen LogP contribution in [-0.2, 0) is 9.47 Å². The van der Waals surface area contributed by atoms with Crippen LogP contribution in [-0.4, -0.2) is 40.0 Å². The molecule has 0 bridgehead atoms. The van der Waals surface area contributed by atoms with Crippen molar-refractivity contribution in [2.45, 2.75) is 26.7 Å². The first kappa shape index (κ1) is 13.9. The molecular weight excluding hydrogens is 178 g/mol. The zero-order chi connectivity index (χ0) is 10.6. The third kappa shape index (κ3) is 11.9. The first-order valence-electron chi connectivity index (χ1n) is 5.54. The molecule has 0 heterocycles. The van der Waals surface area contributed by atoms with Gasteiger partial charge in [0.2, 0.25) is 0 Å². The van der Waals surface area contributed by atoms with Gasteiger partial charge in [0.05, 0.1) is 0 Å². The van der Waals surface area contributed by atoms with Crippen molar-refractivity contribution in [3.05, 3.63) is 0 Å². The van der Waals surface area contributed by atoms with E-state index in [2.05, 4.69) is 19.2 Å². The Bertz CT molecular complexity index is 107. The van der Waals surface area contributed by atoms with Gasteiger partial charge in [0.25, 0.3) is 0 Å². The van der Waals surface area contributed by atoms with E-state index in [1.807, 2.05) is 0 Å². The third-order valence-corrected chi connectivity index (χ3v) is 1.83. The maximum atomic E-state index is 5.42. The Morgan fingerprint density at radius 2 is 1.79 bits per heavy atom. The lowest BCUT2D eigenvalue weighted by Crippen LogP contribution is -2.21. The number of nitrogens with one attached hydrogen (secondary N) is 1. The summed E-state index contributed by atoms with van der Waals surface area (Å²) in [6.45, 7) is 9.06. The molecule has 1 N–H and O–H groups in total. The smallest absolute Gasteiger partial charge is 0.0487 e. The van der Waals surface area contributed by atoms with E-state index in [0.717, 1.165) is 51.7 Å². The van der Waals surface area contributed by atoms with Gasteiger partial charge in [0.1, 0.15) is 0 Å². The molecule has 0 fully saturated rings. The second-order valence-corrected chi connectivity index (χ2v) is 3.91. The van der Waals surface area contributed by atoms with Crippen LogP contribution in [0.25, 0.3) is 0 Å². The summed E-state index contributed by atoms with van der Waals surface area (Å²) in [5, 5.41) is 3.38. The molecule has 0 aliphatic heterocycles. The van der Waals surface area contributed by atoms with Gasteiger partial charge in [-0.3, -0.25) is 0 Å². The van der Waals surface area contributed by atoms with Gasteiger partial charge in [-0.05, 0) is 31.8 Å². The number of methoxy groups -OCH3 is 1. The number of hydrogen-bond donors (Lipinski definition) is 1. The quantitative estimate of drug-likeness (QED) is 0.548. The standard InChI is InChI=1S/C11H25NO2/c1-11(2)10-12-6-4-8-14-9-5-7-13-3/h11-12H,4-10H2,1-3H3.